The summed E-state index contributed by atoms with van der Waals surface area (Å²) in [6.07, 6.45) is 4.20. The molecule has 110 valence electrons. The number of benzene rings is 1. The van der Waals surface area contributed by atoms with Gasteiger partial charge in [-0.05, 0) is 30.2 Å². The number of phenols is 1. The molecule has 0 saturated carbocycles. The molecule has 0 fully saturated rings. The number of hydrogen-bond donors (Lipinski definition) is 1. The lowest BCUT2D eigenvalue weighted by molar-refractivity contribution is -0.428. The van der Waals surface area contributed by atoms with Crippen LogP contribution in [0.4, 0.5) is 0 Å². The van der Waals surface area contributed by atoms with Crippen molar-refractivity contribution in [3.8, 4) is 5.75 Å². The molecule has 0 unspecified atom stereocenters. The minimum atomic E-state index is -0.431. The molecular weight excluding hydrogens is 274 g/mol. The Hall–Kier alpha value is -2.63. The molecule has 1 aliphatic carbocycles. The number of aryl methyl sites for hydroxylation is 1. The summed E-state index contributed by atoms with van der Waals surface area (Å²) in [5.74, 6) is 0.269. The first-order chi connectivity index (χ1) is 10.0. The van der Waals surface area contributed by atoms with Crippen LogP contribution < -0.4 is 0 Å². The summed E-state index contributed by atoms with van der Waals surface area (Å²) in [6.45, 7) is 0. The van der Waals surface area contributed by atoms with Crippen LogP contribution in [0, 0.1) is 10.1 Å². The number of esters is 1. The van der Waals surface area contributed by atoms with Gasteiger partial charge < -0.3 is 9.84 Å². The zero-order chi connectivity index (χ0) is 15.2. The van der Waals surface area contributed by atoms with Gasteiger partial charge in [0, 0.05) is 25.3 Å². The highest BCUT2D eigenvalue weighted by molar-refractivity contribution is 5.71. The first-order valence-corrected chi connectivity index (χ1v) is 6.57. The molecule has 0 atom stereocenters. The van der Waals surface area contributed by atoms with Gasteiger partial charge in [-0.15, -0.1) is 0 Å². The molecule has 0 heterocycles. The fourth-order valence-corrected chi connectivity index (χ4v) is 1.95. The zero-order valence-electron chi connectivity index (χ0n) is 11.3. The van der Waals surface area contributed by atoms with Crippen LogP contribution in [0.2, 0.25) is 0 Å². The monoisotopic (exact) mass is 289 g/mol. The molecule has 2 rings (SSSR count). The van der Waals surface area contributed by atoms with E-state index >= 15 is 0 Å². The molecule has 1 aromatic rings. The highest BCUT2D eigenvalue weighted by Gasteiger charge is 2.17. The van der Waals surface area contributed by atoms with Gasteiger partial charge in [0.15, 0.2) is 0 Å². The van der Waals surface area contributed by atoms with Gasteiger partial charge in [0.25, 0.3) is 0 Å². The molecule has 0 spiro atoms. The van der Waals surface area contributed by atoms with E-state index in [2.05, 4.69) is 0 Å². The van der Waals surface area contributed by atoms with Crippen molar-refractivity contribution < 1.29 is 19.6 Å². The van der Waals surface area contributed by atoms with Crippen LogP contribution in [-0.4, -0.2) is 16.0 Å². The second kappa shape index (κ2) is 6.69. The maximum Gasteiger partial charge on any atom is 0.311 e. The van der Waals surface area contributed by atoms with Gasteiger partial charge in [-0.3, -0.25) is 14.9 Å². The summed E-state index contributed by atoms with van der Waals surface area (Å²) >= 11 is 0. The van der Waals surface area contributed by atoms with Crippen molar-refractivity contribution in [3.05, 3.63) is 63.6 Å². The van der Waals surface area contributed by atoms with Crippen molar-refractivity contribution in [2.24, 2.45) is 0 Å². The van der Waals surface area contributed by atoms with Crippen molar-refractivity contribution >= 4 is 5.97 Å². The fourth-order valence-electron chi connectivity index (χ4n) is 1.95. The number of carbonyl (C=O) groups is 1. The summed E-state index contributed by atoms with van der Waals surface area (Å²) in [7, 11) is 0. The number of allylic oxidation sites excluding steroid dienone is 4. The van der Waals surface area contributed by atoms with E-state index in [1.165, 1.54) is 12.2 Å². The predicted octanol–water partition coefficient (Wildman–Crippen LogP) is 2.71. The van der Waals surface area contributed by atoms with Crippen LogP contribution >= 0.6 is 0 Å². The fraction of sp³-hybridized carbons (Fsp3) is 0.267. The molecular formula is C15H15NO5. The summed E-state index contributed by atoms with van der Waals surface area (Å²) < 4.78 is 5.17. The number of carbonyl (C=O) groups excluding carboxylic acids is 1. The smallest absolute Gasteiger partial charge is 0.311 e. The summed E-state index contributed by atoms with van der Waals surface area (Å²) in [5, 5.41) is 19.7. The summed E-state index contributed by atoms with van der Waals surface area (Å²) in [6, 6.07) is 6.62. The Balaban J connectivity index is 1.83. The molecule has 0 saturated heterocycles. The lowest BCUT2D eigenvalue weighted by Crippen LogP contribution is -2.09. The third kappa shape index (κ3) is 4.45. The Kier molecular flexibility index (Phi) is 4.71. The Morgan fingerprint density at radius 3 is 2.52 bits per heavy atom. The van der Waals surface area contributed by atoms with Crippen LogP contribution in [0.15, 0.2) is 47.9 Å². The normalized spacial score (nSPS) is 14.1. The molecule has 0 radical (unpaired) electrons. The third-order valence-corrected chi connectivity index (χ3v) is 3.12. The highest BCUT2D eigenvalue weighted by atomic mass is 16.6. The minimum absolute atomic E-state index is 0.124. The van der Waals surface area contributed by atoms with Crippen molar-refractivity contribution in [2.45, 2.75) is 25.7 Å². The van der Waals surface area contributed by atoms with E-state index in [1.54, 1.807) is 24.3 Å². The van der Waals surface area contributed by atoms with Crippen LogP contribution in [0.5, 0.6) is 5.75 Å². The number of phenolic OH excluding ortho intramolecular Hbond substituents is 1. The molecule has 0 bridgehead atoms. The molecule has 0 aromatic heterocycles. The van der Waals surface area contributed by atoms with E-state index in [9.17, 15) is 14.9 Å². The Bertz CT molecular complexity index is 601. The number of hydrogen-bond acceptors (Lipinski definition) is 5. The van der Waals surface area contributed by atoms with Crippen LogP contribution in [0.25, 0.3) is 0 Å². The molecule has 1 aromatic carbocycles. The maximum absolute atomic E-state index is 11.7. The second-order valence-corrected chi connectivity index (χ2v) is 4.69. The zero-order valence-corrected chi connectivity index (χ0v) is 11.3. The average Bonchev–Trinajstić information content (AvgIpc) is 2.47. The molecule has 21 heavy (non-hydrogen) atoms. The van der Waals surface area contributed by atoms with Gasteiger partial charge in [-0.2, -0.15) is 0 Å². The maximum atomic E-state index is 11.7. The Morgan fingerprint density at radius 2 is 1.95 bits per heavy atom. The van der Waals surface area contributed by atoms with Gasteiger partial charge in [0.05, 0.1) is 4.92 Å². The standard InChI is InChI=1S/C15H15NO5/c17-13-6-1-11(2-7-13)3-10-15(18)21-14-8-4-12(5-9-14)16(19)20/h1-2,4,6-8,17H,3,5,9-10H2. The van der Waals surface area contributed by atoms with E-state index in [4.69, 9.17) is 9.84 Å². The van der Waals surface area contributed by atoms with Gasteiger partial charge in [-0.25, -0.2) is 0 Å². The second-order valence-electron chi connectivity index (χ2n) is 4.69. The van der Waals surface area contributed by atoms with Gasteiger partial charge in [0.1, 0.15) is 11.5 Å². The van der Waals surface area contributed by atoms with E-state index in [-0.39, 0.29) is 30.3 Å². The van der Waals surface area contributed by atoms with Crippen LogP contribution in [-0.2, 0) is 16.0 Å². The number of aromatic hydroxyl groups is 1. The first kappa shape index (κ1) is 14.8. The quantitative estimate of drug-likeness (QED) is 0.511. The number of rotatable bonds is 5. The van der Waals surface area contributed by atoms with Gasteiger partial charge >= 0.3 is 5.97 Å². The Morgan fingerprint density at radius 1 is 1.24 bits per heavy atom. The van der Waals surface area contributed by atoms with Gasteiger partial charge in [0.2, 0.25) is 5.70 Å². The third-order valence-electron chi connectivity index (χ3n) is 3.12. The Labute approximate surface area is 121 Å². The molecule has 0 aliphatic heterocycles. The van der Waals surface area contributed by atoms with Crippen molar-refractivity contribution in [3.63, 3.8) is 0 Å². The first-order valence-electron chi connectivity index (χ1n) is 6.57. The number of nitrogens with zero attached hydrogens (tertiary/aromatic N) is 1. The molecule has 1 aliphatic rings. The SMILES string of the molecule is O=C(CCc1ccc(O)cc1)OC1=CC=C([N+](=O)[O-])CC1. The summed E-state index contributed by atoms with van der Waals surface area (Å²) in [5.41, 5.74) is 1.05. The van der Waals surface area contributed by atoms with Crippen LogP contribution in [0.1, 0.15) is 24.8 Å². The number of ether oxygens (including phenoxy) is 1. The predicted molar refractivity (Wildman–Crippen MR) is 74.9 cm³/mol. The minimum Gasteiger partial charge on any atom is -0.508 e. The molecule has 1 N–H and O–H groups in total. The largest absolute Gasteiger partial charge is 0.508 e. The van der Waals surface area contributed by atoms with E-state index in [0.717, 1.165) is 5.56 Å². The van der Waals surface area contributed by atoms with E-state index < -0.39 is 4.92 Å². The van der Waals surface area contributed by atoms with Crippen molar-refractivity contribution in [1.82, 2.24) is 0 Å². The van der Waals surface area contributed by atoms with Crippen molar-refractivity contribution in [1.29, 1.82) is 0 Å². The van der Waals surface area contributed by atoms with E-state index in [0.29, 0.717) is 18.6 Å². The lowest BCUT2D eigenvalue weighted by atomic mass is 10.1. The van der Waals surface area contributed by atoms with Crippen molar-refractivity contribution in [2.75, 3.05) is 0 Å². The van der Waals surface area contributed by atoms with E-state index in [1.807, 2.05) is 0 Å². The molecule has 0 amide bonds. The van der Waals surface area contributed by atoms with Crippen LogP contribution in [0.3, 0.4) is 0 Å². The lowest BCUT2D eigenvalue weighted by Gasteiger charge is -2.10. The summed E-state index contributed by atoms with van der Waals surface area (Å²) in [4.78, 5) is 21.8. The molecule has 6 heteroatoms. The topological polar surface area (TPSA) is 89.7 Å². The molecule has 6 nitrogen and oxygen atoms in total. The highest BCUT2D eigenvalue weighted by Crippen LogP contribution is 2.20. The average molecular weight is 289 g/mol. The number of nitro groups is 1. The van der Waals surface area contributed by atoms with Gasteiger partial charge in [-0.1, -0.05) is 12.1 Å².